The molecule has 0 saturated carbocycles. The predicted molar refractivity (Wildman–Crippen MR) is 71.1 cm³/mol. The first-order valence-corrected chi connectivity index (χ1v) is 5.67. The van der Waals surface area contributed by atoms with Crippen molar-refractivity contribution in [2.75, 3.05) is 11.1 Å². The number of aliphatic hydroxyl groups is 1. The number of anilines is 2. The molecule has 0 spiro atoms. The van der Waals surface area contributed by atoms with Crippen LogP contribution in [0.5, 0.6) is 0 Å². The van der Waals surface area contributed by atoms with Gasteiger partial charge in [-0.05, 0) is 29.8 Å². The summed E-state index contributed by atoms with van der Waals surface area (Å²) >= 11 is 0. The number of hydrogen-bond donors (Lipinski definition) is 3. The highest BCUT2D eigenvalue weighted by Crippen LogP contribution is 2.18. The van der Waals surface area contributed by atoms with Crippen LogP contribution in [0, 0.1) is 5.82 Å². The first kappa shape index (κ1) is 13.0. The lowest BCUT2D eigenvalue weighted by atomic mass is 10.1. The largest absolute Gasteiger partial charge is 0.396 e. The van der Waals surface area contributed by atoms with Crippen LogP contribution in [0.3, 0.4) is 0 Å². The van der Waals surface area contributed by atoms with E-state index in [4.69, 9.17) is 10.8 Å². The highest BCUT2D eigenvalue weighted by Gasteiger charge is 2.12. The molecule has 2 rings (SSSR count). The van der Waals surface area contributed by atoms with Gasteiger partial charge in [0, 0.05) is 5.69 Å². The highest BCUT2D eigenvalue weighted by molar-refractivity contribution is 6.07. The van der Waals surface area contributed by atoms with Gasteiger partial charge in [0.2, 0.25) is 0 Å². The normalized spacial score (nSPS) is 10.2. The molecule has 0 heterocycles. The number of amides is 1. The van der Waals surface area contributed by atoms with Crippen LogP contribution in [0.15, 0.2) is 42.5 Å². The van der Waals surface area contributed by atoms with Crippen LogP contribution in [-0.4, -0.2) is 11.0 Å². The van der Waals surface area contributed by atoms with E-state index in [1.807, 2.05) is 0 Å². The number of aliphatic hydroxyl groups excluding tert-OH is 1. The minimum atomic E-state index is -0.622. The van der Waals surface area contributed by atoms with Gasteiger partial charge in [-0.2, -0.15) is 0 Å². The molecule has 0 aromatic heterocycles. The Kier molecular flexibility index (Phi) is 3.77. The van der Waals surface area contributed by atoms with Gasteiger partial charge in [-0.15, -0.1) is 0 Å². The lowest BCUT2D eigenvalue weighted by molar-refractivity contribution is 0.102. The molecule has 2 aromatic carbocycles. The number of carbonyl (C=O) groups is 1. The maximum absolute atomic E-state index is 13.2. The summed E-state index contributed by atoms with van der Waals surface area (Å²) in [5.74, 6) is -1.10. The lowest BCUT2D eigenvalue weighted by Gasteiger charge is -2.08. The van der Waals surface area contributed by atoms with Crippen LogP contribution in [0.2, 0.25) is 0 Å². The van der Waals surface area contributed by atoms with Gasteiger partial charge in [0.05, 0.1) is 17.9 Å². The van der Waals surface area contributed by atoms with Crippen LogP contribution in [0.1, 0.15) is 15.9 Å². The van der Waals surface area contributed by atoms with E-state index >= 15 is 0 Å². The Hall–Kier alpha value is -2.40. The van der Waals surface area contributed by atoms with E-state index in [9.17, 15) is 9.18 Å². The van der Waals surface area contributed by atoms with Crippen molar-refractivity contribution < 1.29 is 14.3 Å². The molecule has 4 N–H and O–H groups in total. The standard InChI is InChI=1S/C14H13FN2O2/c15-12-3-1-2-11(13(12)16)14(19)17-10-6-4-9(8-18)5-7-10/h1-7,18H,8,16H2,(H,17,19). The summed E-state index contributed by atoms with van der Waals surface area (Å²) in [7, 11) is 0. The summed E-state index contributed by atoms with van der Waals surface area (Å²) in [5, 5.41) is 11.5. The van der Waals surface area contributed by atoms with Crippen LogP contribution < -0.4 is 11.1 Å². The number of halogens is 1. The lowest BCUT2D eigenvalue weighted by Crippen LogP contribution is -2.14. The molecule has 5 heteroatoms. The van der Waals surface area contributed by atoms with Gasteiger partial charge in [0.15, 0.2) is 0 Å². The average molecular weight is 260 g/mol. The van der Waals surface area contributed by atoms with E-state index in [2.05, 4.69) is 5.32 Å². The van der Waals surface area contributed by atoms with E-state index in [1.54, 1.807) is 24.3 Å². The quantitative estimate of drug-likeness (QED) is 0.740. The molecule has 4 nitrogen and oxygen atoms in total. The van der Waals surface area contributed by atoms with Gasteiger partial charge in [-0.25, -0.2) is 4.39 Å². The molecular weight excluding hydrogens is 247 g/mol. The Labute approximate surface area is 109 Å². The van der Waals surface area contributed by atoms with Crippen molar-refractivity contribution in [2.24, 2.45) is 0 Å². The van der Waals surface area contributed by atoms with Gasteiger partial charge >= 0.3 is 0 Å². The van der Waals surface area contributed by atoms with Gasteiger partial charge < -0.3 is 16.2 Å². The Bertz CT molecular complexity index is 597. The summed E-state index contributed by atoms with van der Waals surface area (Å²) < 4.78 is 13.2. The topological polar surface area (TPSA) is 75.4 Å². The number of rotatable bonds is 3. The molecule has 0 fully saturated rings. The predicted octanol–water partition coefficient (Wildman–Crippen LogP) is 2.15. The molecule has 0 aliphatic heterocycles. The average Bonchev–Trinajstić information content (AvgIpc) is 2.42. The van der Waals surface area contributed by atoms with Crippen molar-refractivity contribution in [3.8, 4) is 0 Å². The van der Waals surface area contributed by atoms with E-state index in [0.29, 0.717) is 5.69 Å². The maximum atomic E-state index is 13.2. The van der Waals surface area contributed by atoms with Crippen LogP contribution in [0.25, 0.3) is 0 Å². The molecule has 0 aliphatic carbocycles. The zero-order valence-corrected chi connectivity index (χ0v) is 10.1. The summed E-state index contributed by atoms with van der Waals surface area (Å²) in [6.45, 7) is -0.0644. The molecule has 2 aromatic rings. The van der Waals surface area contributed by atoms with Gasteiger partial charge in [-0.1, -0.05) is 18.2 Å². The molecule has 0 aliphatic rings. The molecule has 0 unspecified atom stereocenters. The van der Waals surface area contributed by atoms with Crippen molar-refractivity contribution in [1.82, 2.24) is 0 Å². The first-order valence-electron chi connectivity index (χ1n) is 5.67. The Morgan fingerprint density at radius 3 is 2.53 bits per heavy atom. The zero-order valence-electron chi connectivity index (χ0n) is 10.1. The Morgan fingerprint density at radius 1 is 1.21 bits per heavy atom. The van der Waals surface area contributed by atoms with Crippen molar-refractivity contribution in [1.29, 1.82) is 0 Å². The van der Waals surface area contributed by atoms with E-state index in [-0.39, 0.29) is 17.9 Å². The van der Waals surface area contributed by atoms with Crippen LogP contribution >= 0.6 is 0 Å². The summed E-state index contributed by atoms with van der Waals surface area (Å²) in [6.07, 6.45) is 0. The summed E-state index contributed by atoms with van der Waals surface area (Å²) in [5.41, 5.74) is 6.72. The second kappa shape index (κ2) is 5.49. The van der Waals surface area contributed by atoms with E-state index in [1.165, 1.54) is 18.2 Å². The molecule has 0 bridgehead atoms. The van der Waals surface area contributed by atoms with Crippen molar-refractivity contribution in [3.63, 3.8) is 0 Å². The maximum Gasteiger partial charge on any atom is 0.257 e. The smallest absolute Gasteiger partial charge is 0.257 e. The molecule has 1 amide bonds. The first-order chi connectivity index (χ1) is 9.11. The molecule has 19 heavy (non-hydrogen) atoms. The molecule has 0 atom stereocenters. The number of para-hydroxylation sites is 1. The monoisotopic (exact) mass is 260 g/mol. The number of nitrogen functional groups attached to an aromatic ring is 1. The second-order valence-electron chi connectivity index (χ2n) is 4.01. The van der Waals surface area contributed by atoms with Crippen molar-refractivity contribution >= 4 is 17.3 Å². The summed E-state index contributed by atoms with van der Waals surface area (Å²) in [6, 6.07) is 10.8. The third kappa shape index (κ3) is 2.89. The SMILES string of the molecule is Nc1c(F)cccc1C(=O)Nc1ccc(CO)cc1. The van der Waals surface area contributed by atoms with Crippen LogP contribution in [0.4, 0.5) is 15.8 Å². The molecule has 0 saturated heterocycles. The van der Waals surface area contributed by atoms with Crippen molar-refractivity contribution in [3.05, 3.63) is 59.4 Å². The number of nitrogens with one attached hydrogen (secondary N) is 1. The Balaban J connectivity index is 2.18. The van der Waals surface area contributed by atoms with Gasteiger partial charge in [0.25, 0.3) is 5.91 Å². The fourth-order valence-electron chi connectivity index (χ4n) is 1.63. The fourth-order valence-corrected chi connectivity index (χ4v) is 1.63. The molecular formula is C14H13FN2O2. The van der Waals surface area contributed by atoms with E-state index < -0.39 is 11.7 Å². The minimum absolute atomic E-state index is 0.0644. The zero-order chi connectivity index (χ0) is 13.8. The summed E-state index contributed by atoms with van der Waals surface area (Å²) in [4.78, 5) is 11.9. The number of carbonyl (C=O) groups excluding carboxylic acids is 1. The van der Waals surface area contributed by atoms with E-state index in [0.717, 1.165) is 5.56 Å². The fraction of sp³-hybridized carbons (Fsp3) is 0.0714. The third-order valence-corrected chi connectivity index (χ3v) is 2.69. The van der Waals surface area contributed by atoms with Crippen LogP contribution in [-0.2, 0) is 6.61 Å². The third-order valence-electron chi connectivity index (χ3n) is 2.69. The second-order valence-corrected chi connectivity index (χ2v) is 4.01. The minimum Gasteiger partial charge on any atom is -0.396 e. The number of nitrogens with two attached hydrogens (primary N) is 1. The van der Waals surface area contributed by atoms with Crippen molar-refractivity contribution in [2.45, 2.75) is 6.61 Å². The Morgan fingerprint density at radius 2 is 1.89 bits per heavy atom. The molecule has 98 valence electrons. The number of hydrogen-bond acceptors (Lipinski definition) is 3. The highest BCUT2D eigenvalue weighted by atomic mass is 19.1. The molecule has 0 radical (unpaired) electrons. The van der Waals surface area contributed by atoms with Gasteiger partial charge in [0.1, 0.15) is 5.82 Å². The number of benzene rings is 2. The van der Waals surface area contributed by atoms with Gasteiger partial charge in [-0.3, -0.25) is 4.79 Å².